The topological polar surface area (TPSA) is 74.2 Å². The molecule has 0 N–H and O–H groups in total. The summed E-state index contributed by atoms with van der Waals surface area (Å²) in [6, 6.07) is 0. The first-order valence-electron chi connectivity index (χ1n) is 1.89. The van der Waals surface area contributed by atoms with Crippen molar-refractivity contribution in [3.8, 4) is 0 Å². The number of hydrogen-bond acceptors (Lipinski definition) is 2. The van der Waals surface area contributed by atoms with Gasteiger partial charge in [-0.3, -0.25) is 0 Å². The molecule has 0 atom stereocenters. The molecule has 6 nitrogen and oxygen atoms in total. The summed E-state index contributed by atoms with van der Waals surface area (Å²) >= 11 is 0. The van der Waals surface area contributed by atoms with Gasteiger partial charge in [0.15, 0.2) is 0 Å². The first-order valence-corrected chi connectivity index (χ1v) is 1.89. The molecular formula is C2H6N6. The molecule has 0 aromatic heterocycles. The second kappa shape index (κ2) is 5.80. The van der Waals surface area contributed by atoms with Gasteiger partial charge >= 0.3 is 0 Å². The lowest BCUT2D eigenvalue weighted by Gasteiger charge is -1.65. The molecule has 0 saturated carbocycles. The molecule has 0 unspecified atom stereocenters. The molecule has 6 heteroatoms. The van der Waals surface area contributed by atoms with E-state index in [0.29, 0.717) is 0 Å². The largest absolute Gasteiger partial charge is 0.171 e. The van der Waals surface area contributed by atoms with Crippen LogP contribution in [0.5, 0.6) is 0 Å². The highest BCUT2D eigenvalue weighted by molar-refractivity contribution is 4.07. The molecule has 0 fully saturated rings. The molecule has 8 heavy (non-hydrogen) atoms. The highest BCUT2D eigenvalue weighted by Gasteiger charge is 1.58. The van der Waals surface area contributed by atoms with E-state index in [1.54, 1.807) is 0 Å². The van der Waals surface area contributed by atoms with Crippen LogP contribution in [-0.4, -0.2) is 14.1 Å². The van der Waals surface area contributed by atoms with E-state index >= 15 is 0 Å². The van der Waals surface area contributed by atoms with Crippen molar-refractivity contribution in [3.05, 3.63) is 0 Å². The summed E-state index contributed by atoms with van der Waals surface area (Å²) in [7, 11) is 2.98. The third kappa shape index (κ3) is 4.80. The van der Waals surface area contributed by atoms with Gasteiger partial charge in [-0.05, 0) is 20.9 Å². The lowest BCUT2D eigenvalue weighted by molar-refractivity contribution is 0.835. The van der Waals surface area contributed by atoms with Gasteiger partial charge in [0, 0.05) is 0 Å². The molecule has 0 rings (SSSR count). The smallest absolute Gasteiger partial charge is 0.0510 e. The maximum absolute atomic E-state index is 3.27. The molecule has 0 bridgehead atoms. The predicted molar refractivity (Wildman–Crippen MR) is 26.4 cm³/mol. The number of rotatable bonds is 2. The summed E-state index contributed by atoms with van der Waals surface area (Å²) in [6.07, 6.45) is 0. The van der Waals surface area contributed by atoms with Gasteiger partial charge in [-0.15, -0.1) is 0 Å². The molecule has 0 aliphatic heterocycles. The van der Waals surface area contributed by atoms with Crippen molar-refractivity contribution in [2.24, 2.45) is 31.1 Å². The van der Waals surface area contributed by atoms with Crippen LogP contribution in [0, 0.1) is 0 Å². The van der Waals surface area contributed by atoms with Crippen LogP contribution in [0.3, 0.4) is 0 Å². The fourth-order valence-corrected chi connectivity index (χ4v) is 0.116. The summed E-state index contributed by atoms with van der Waals surface area (Å²) < 4.78 is 0. The second-order valence-electron chi connectivity index (χ2n) is 0.758. The maximum atomic E-state index is 3.27. The molecule has 0 aromatic carbocycles. The van der Waals surface area contributed by atoms with Crippen LogP contribution < -0.4 is 0 Å². The quantitative estimate of drug-likeness (QED) is 0.384. The molecule has 0 saturated heterocycles. The van der Waals surface area contributed by atoms with Crippen molar-refractivity contribution in [3.63, 3.8) is 0 Å². The SMILES string of the molecule is CN=NN=NN=NC. The van der Waals surface area contributed by atoms with Crippen LogP contribution in [0.1, 0.15) is 0 Å². The van der Waals surface area contributed by atoms with Crippen LogP contribution in [-0.2, 0) is 0 Å². The van der Waals surface area contributed by atoms with Crippen LogP contribution in [0.2, 0.25) is 0 Å². The zero-order valence-electron chi connectivity index (χ0n) is 4.68. The Labute approximate surface area is 46.4 Å². The molecule has 0 heterocycles. The molecule has 0 aliphatic rings. The van der Waals surface area contributed by atoms with E-state index in [9.17, 15) is 0 Å². The maximum Gasteiger partial charge on any atom is 0.0510 e. The summed E-state index contributed by atoms with van der Waals surface area (Å²) in [4.78, 5) is 0. The average Bonchev–Trinajstić information content (AvgIpc) is 1.81. The minimum atomic E-state index is 1.49. The third-order valence-corrected chi connectivity index (χ3v) is 0.299. The Morgan fingerprint density at radius 2 is 1.00 bits per heavy atom. The van der Waals surface area contributed by atoms with Gasteiger partial charge in [-0.1, -0.05) is 0 Å². The third-order valence-electron chi connectivity index (χ3n) is 0.299. The van der Waals surface area contributed by atoms with Crippen molar-refractivity contribution < 1.29 is 0 Å². The highest BCUT2D eigenvalue weighted by Crippen LogP contribution is 1.78. The molecule has 0 aromatic rings. The van der Waals surface area contributed by atoms with Crippen molar-refractivity contribution >= 4 is 0 Å². The van der Waals surface area contributed by atoms with Gasteiger partial charge in [0.2, 0.25) is 0 Å². The fourth-order valence-electron chi connectivity index (χ4n) is 0.116. The Kier molecular flexibility index (Phi) is 4.93. The van der Waals surface area contributed by atoms with E-state index in [4.69, 9.17) is 0 Å². The van der Waals surface area contributed by atoms with E-state index in [0.717, 1.165) is 0 Å². The molecule has 0 aliphatic carbocycles. The standard InChI is InChI=1S/C2H6N6/c1-3-5-7-8-6-4-2/h1-2H3. The van der Waals surface area contributed by atoms with Crippen molar-refractivity contribution in [2.45, 2.75) is 0 Å². The summed E-state index contributed by atoms with van der Waals surface area (Å²) in [6.45, 7) is 0. The van der Waals surface area contributed by atoms with Crippen LogP contribution in [0.15, 0.2) is 31.1 Å². The first-order chi connectivity index (χ1) is 3.91. The minimum absolute atomic E-state index is 1.49. The van der Waals surface area contributed by atoms with E-state index in [1.807, 2.05) is 0 Å². The highest BCUT2D eigenvalue weighted by atomic mass is 15.6. The molecule has 0 radical (unpaired) electrons. The fraction of sp³-hybridized carbons (Fsp3) is 1.00. The minimum Gasteiger partial charge on any atom is -0.171 e. The van der Waals surface area contributed by atoms with Gasteiger partial charge in [-0.2, -0.15) is 10.2 Å². The summed E-state index contributed by atoms with van der Waals surface area (Å²) in [5, 5.41) is 19.0. The van der Waals surface area contributed by atoms with Crippen molar-refractivity contribution in [2.75, 3.05) is 14.1 Å². The van der Waals surface area contributed by atoms with Gasteiger partial charge in [0.1, 0.15) is 0 Å². The first kappa shape index (κ1) is 6.80. The van der Waals surface area contributed by atoms with Crippen LogP contribution in [0.4, 0.5) is 0 Å². The summed E-state index contributed by atoms with van der Waals surface area (Å²) in [5.41, 5.74) is 0. The number of nitrogens with zero attached hydrogens (tertiary/aromatic N) is 6. The second-order valence-corrected chi connectivity index (χ2v) is 0.758. The van der Waals surface area contributed by atoms with Gasteiger partial charge in [0.25, 0.3) is 0 Å². The predicted octanol–water partition coefficient (Wildman–Crippen LogP) is 1.43. The molecule has 0 spiro atoms. The van der Waals surface area contributed by atoms with E-state index < -0.39 is 0 Å². The molecular weight excluding hydrogens is 108 g/mol. The zero-order chi connectivity index (χ0) is 6.24. The van der Waals surface area contributed by atoms with Gasteiger partial charge in [0.05, 0.1) is 14.1 Å². The normalized spacial score (nSPS) is 12.8. The van der Waals surface area contributed by atoms with Crippen molar-refractivity contribution in [1.29, 1.82) is 0 Å². The van der Waals surface area contributed by atoms with E-state index in [1.165, 1.54) is 14.1 Å². The van der Waals surface area contributed by atoms with E-state index in [2.05, 4.69) is 31.1 Å². The number of hydrogen-bond donors (Lipinski definition) is 0. The van der Waals surface area contributed by atoms with Crippen LogP contribution >= 0.6 is 0 Å². The Bertz CT molecular complexity index is 97.7. The van der Waals surface area contributed by atoms with E-state index in [-0.39, 0.29) is 0 Å². The van der Waals surface area contributed by atoms with Gasteiger partial charge in [-0.25, -0.2) is 0 Å². The Balaban J connectivity index is 3.35. The Morgan fingerprint density at radius 1 is 0.625 bits per heavy atom. The molecule has 0 amide bonds. The average molecular weight is 114 g/mol. The van der Waals surface area contributed by atoms with Crippen molar-refractivity contribution in [1.82, 2.24) is 0 Å². The van der Waals surface area contributed by atoms with Gasteiger partial charge < -0.3 is 0 Å². The zero-order valence-corrected chi connectivity index (χ0v) is 4.68. The lowest BCUT2D eigenvalue weighted by Crippen LogP contribution is -1.46. The monoisotopic (exact) mass is 114 g/mol. The Morgan fingerprint density at radius 3 is 1.25 bits per heavy atom. The lowest BCUT2D eigenvalue weighted by atomic mass is 11.6. The van der Waals surface area contributed by atoms with Crippen LogP contribution in [0.25, 0.3) is 0 Å². The molecule has 44 valence electrons. The summed E-state index contributed by atoms with van der Waals surface area (Å²) in [5.74, 6) is 0. The Hall–Kier alpha value is -1.20.